The van der Waals surface area contributed by atoms with E-state index in [4.69, 9.17) is 15.2 Å². The van der Waals surface area contributed by atoms with Crippen molar-refractivity contribution in [1.29, 1.82) is 0 Å². The minimum Gasteiger partial charge on any atom is -0.490 e. The zero-order valence-electron chi connectivity index (χ0n) is 12.9. The number of nitrogens with two attached hydrogens (primary N) is 1. The molecule has 0 spiro atoms. The number of ether oxygens (including phenoxy) is 2. The molecular weight excluding hydrogens is 262 g/mol. The molecule has 0 saturated heterocycles. The summed E-state index contributed by atoms with van der Waals surface area (Å²) < 4.78 is 11.4. The number of anilines is 1. The Kier molecular flexibility index (Phi) is 5.09. The molecule has 0 aliphatic carbocycles. The fourth-order valence-corrected chi connectivity index (χ4v) is 2.03. The third-order valence-electron chi connectivity index (χ3n) is 3.37. The van der Waals surface area contributed by atoms with Crippen molar-refractivity contribution < 1.29 is 9.47 Å². The molecule has 0 aliphatic rings. The Morgan fingerprint density at radius 1 is 0.952 bits per heavy atom. The maximum Gasteiger partial charge on any atom is 0.124 e. The van der Waals surface area contributed by atoms with Crippen LogP contribution < -0.4 is 15.2 Å². The van der Waals surface area contributed by atoms with Gasteiger partial charge >= 0.3 is 0 Å². The van der Waals surface area contributed by atoms with Gasteiger partial charge in [-0.15, -0.1) is 0 Å². The molecule has 21 heavy (non-hydrogen) atoms. The van der Waals surface area contributed by atoms with Crippen molar-refractivity contribution in [2.75, 3.05) is 18.9 Å². The van der Waals surface area contributed by atoms with Crippen LogP contribution >= 0.6 is 0 Å². The number of hydrogen-bond donors (Lipinski definition) is 1. The van der Waals surface area contributed by atoms with E-state index < -0.39 is 0 Å². The Bertz CT molecular complexity index is 576. The van der Waals surface area contributed by atoms with E-state index in [2.05, 4.69) is 26.0 Å². The Hall–Kier alpha value is -2.16. The summed E-state index contributed by atoms with van der Waals surface area (Å²) >= 11 is 0. The summed E-state index contributed by atoms with van der Waals surface area (Å²) in [5.41, 5.74) is 8.85. The molecule has 0 amide bonds. The van der Waals surface area contributed by atoms with E-state index in [1.807, 2.05) is 37.3 Å². The monoisotopic (exact) mass is 285 g/mol. The van der Waals surface area contributed by atoms with Gasteiger partial charge in [0.1, 0.15) is 24.7 Å². The number of hydrogen-bond acceptors (Lipinski definition) is 3. The first-order valence-electron chi connectivity index (χ1n) is 7.28. The lowest BCUT2D eigenvalue weighted by atomic mass is 10.0. The smallest absolute Gasteiger partial charge is 0.124 e. The summed E-state index contributed by atoms with van der Waals surface area (Å²) in [6, 6.07) is 13.9. The molecule has 0 aromatic heterocycles. The molecule has 2 N–H and O–H groups in total. The molecule has 0 heterocycles. The van der Waals surface area contributed by atoms with Gasteiger partial charge in [0.05, 0.1) is 0 Å². The first-order valence-corrected chi connectivity index (χ1v) is 7.28. The molecule has 0 aliphatic heterocycles. The SMILES string of the molecule is Cc1ccc(N)cc1OCCOc1ccc(C(C)C)cc1. The van der Waals surface area contributed by atoms with Crippen LogP contribution in [-0.4, -0.2) is 13.2 Å². The summed E-state index contributed by atoms with van der Waals surface area (Å²) in [7, 11) is 0. The number of benzene rings is 2. The molecule has 0 fully saturated rings. The highest BCUT2D eigenvalue weighted by molar-refractivity contribution is 5.47. The summed E-state index contributed by atoms with van der Waals surface area (Å²) in [5, 5.41) is 0. The molecule has 3 nitrogen and oxygen atoms in total. The second-order valence-electron chi connectivity index (χ2n) is 5.45. The Morgan fingerprint density at radius 3 is 2.29 bits per heavy atom. The summed E-state index contributed by atoms with van der Waals surface area (Å²) in [5.74, 6) is 2.22. The van der Waals surface area contributed by atoms with E-state index >= 15 is 0 Å². The zero-order valence-corrected chi connectivity index (χ0v) is 12.9. The van der Waals surface area contributed by atoms with Gasteiger partial charge in [-0.05, 0) is 42.2 Å². The van der Waals surface area contributed by atoms with Gasteiger partial charge in [-0.2, -0.15) is 0 Å². The lowest BCUT2D eigenvalue weighted by Crippen LogP contribution is -2.09. The van der Waals surface area contributed by atoms with Gasteiger partial charge in [-0.3, -0.25) is 0 Å². The fraction of sp³-hybridized carbons (Fsp3) is 0.333. The van der Waals surface area contributed by atoms with E-state index in [0.717, 1.165) is 17.1 Å². The van der Waals surface area contributed by atoms with Gasteiger partial charge in [0.2, 0.25) is 0 Å². The maximum absolute atomic E-state index is 5.75. The van der Waals surface area contributed by atoms with Gasteiger partial charge < -0.3 is 15.2 Å². The van der Waals surface area contributed by atoms with Crippen molar-refractivity contribution in [2.45, 2.75) is 26.7 Å². The van der Waals surface area contributed by atoms with Crippen molar-refractivity contribution in [3.05, 3.63) is 53.6 Å². The predicted molar refractivity (Wildman–Crippen MR) is 87.1 cm³/mol. The number of nitrogen functional groups attached to an aromatic ring is 1. The molecule has 3 heteroatoms. The van der Waals surface area contributed by atoms with E-state index in [9.17, 15) is 0 Å². The Balaban J connectivity index is 1.80. The van der Waals surface area contributed by atoms with Gasteiger partial charge in [-0.25, -0.2) is 0 Å². The largest absolute Gasteiger partial charge is 0.490 e. The lowest BCUT2D eigenvalue weighted by molar-refractivity contribution is 0.216. The van der Waals surface area contributed by atoms with Crippen LogP contribution in [0.2, 0.25) is 0 Å². The van der Waals surface area contributed by atoms with E-state index in [1.165, 1.54) is 5.56 Å². The Labute approximate surface area is 126 Å². The third-order valence-corrected chi connectivity index (χ3v) is 3.37. The molecule has 0 saturated carbocycles. The maximum atomic E-state index is 5.75. The van der Waals surface area contributed by atoms with Crippen molar-refractivity contribution >= 4 is 5.69 Å². The van der Waals surface area contributed by atoms with E-state index in [0.29, 0.717) is 24.8 Å². The highest BCUT2D eigenvalue weighted by Gasteiger charge is 2.02. The second-order valence-corrected chi connectivity index (χ2v) is 5.45. The van der Waals surface area contributed by atoms with Crippen molar-refractivity contribution in [1.82, 2.24) is 0 Å². The van der Waals surface area contributed by atoms with Crippen LogP contribution in [0.25, 0.3) is 0 Å². The minimum absolute atomic E-state index is 0.496. The molecule has 2 aromatic rings. The molecule has 0 radical (unpaired) electrons. The molecule has 2 rings (SSSR count). The van der Waals surface area contributed by atoms with E-state index in [1.54, 1.807) is 0 Å². The van der Waals surface area contributed by atoms with Crippen LogP contribution in [0.5, 0.6) is 11.5 Å². The lowest BCUT2D eigenvalue weighted by Gasteiger charge is -2.11. The average molecular weight is 285 g/mol. The van der Waals surface area contributed by atoms with Gasteiger partial charge in [0, 0.05) is 11.8 Å². The first-order chi connectivity index (χ1) is 10.1. The van der Waals surface area contributed by atoms with E-state index in [-0.39, 0.29) is 0 Å². The normalized spacial score (nSPS) is 10.7. The topological polar surface area (TPSA) is 44.5 Å². The second kappa shape index (κ2) is 7.02. The molecule has 0 atom stereocenters. The van der Waals surface area contributed by atoms with Crippen LogP contribution in [0.4, 0.5) is 5.69 Å². The van der Waals surface area contributed by atoms with Crippen LogP contribution in [0, 0.1) is 6.92 Å². The van der Waals surface area contributed by atoms with Crippen LogP contribution in [0.3, 0.4) is 0 Å². The number of rotatable bonds is 6. The number of aryl methyl sites for hydroxylation is 1. The summed E-state index contributed by atoms with van der Waals surface area (Å²) in [4.78, 5) is 0. The summed E-state index contributed by atoms with van der Waals surface area (Å²) in [6.45, 7) is 7.36. The van der Waals surface area contributed by atoms with Crippen LogP contribution in [-0.2, 0) is 0 Å². The van der Waals surface area contributed by atoms with Gasteiger partial charge in [0.25, 0.3) is 0 Å². The third kappa shape index (κ3) is 4.42. The van der Waals surface area contributed by atoms with Crippen molar-refractivity contribution in [3.8, 4) is 11.5 Å². The summed E-state index contributed by atoms with van der Waals surface area (Å²) in [6.07, 6.45) is 0. The Morgan fingerprint density at radius 2 is 1.62 bits per heavy atom. The fourth-order valence-electron chi connectivity index (χ4n) is 2.03. The molecule has 0 bridgehead atoms. The zero-order chi connectivity index (χ0) is 15.2. The average Bonchev–Trinajstić information content (AvgIpc) is 2.47. The van der Waals surface area contributed by atoms with Crippen LogP contribution in [0.1, 0.15) is 30.9 Å². The molecular formula is C18H23NO2. The van der Waals surface area contributed by atoms with Gasteiger partial charge in [-0.1, -0.05) is 32.0 Å². The van der Waals surface area contributed by atoms with Crippen molar-refractivity contribution in [3.63, 3.8) is 0 Å². The molecule has 112 valence electrons. The minimum atomic E-state index is 0.496. The quantitative estimate of drug-likeness (QED) is 0.640. The first kappa shape index (κ1) is 15.2. The van der Waals surface area contributed by atoms with Crippen LogP contribution in [0.15, 0.2) is 42.5 Å². The standard InChI is InChI=1S/C18H23NO2/c1-13(2)15-5-8-17(9-6-15)20-10-11-21-18-12-16(19)7-4-14(18)3/h4-9,12-13H,10-11,19H2,1-3H3. The highest BCUT2D eigenvalue weighted by atomic mass is 16.5. The molecule has 0 unspecified atom stereocenters. The predicted octanol–water partition coefficient (Wildman–Crippen LogP) is 4.16. The molecule has 2 aromatic carbocycles. The van der Waals surface area contributed by atoms with Crippen molar-refractivity contribution in [2.24, 2.45) is 0 Å². The van der Waals surface area contributed by atoms with Gasteiger partial charge in [0.15, 0.2) is 0 Å². The highest BCUT2D eigenvalue weighted by Crippen LogP contribution is 2.21.